The molecule has 0 amide bonds. The van der Waals surface area contributed by atoms with Crippen LogP contribution in [0.25, 0.3) is 0 Å². The zero-order valence-corrected chi connectivity index (χ0v) is 11.0. The van der Waals surface area contributed by atoms with Gasteiger partial charge in [-0.2, -0.15) is 21.2 Å². The van der Waals surface area contributed by atoms with Crippen molar-refractivity contribution >= 4 is 27.8 Å². The van der Waals surface area contributed by atoms with E-state index < -0.39 is 16.0 Å². The summed E-state index contributed by atoms with van der Waals surface area (Å²) in [6, 6.07) is 0. The van der Waals surface area contributed by atoms with Crippen LogP contribution in [-0.2, 0) is 10.0 Å². The lowest BCUT2D eigenvalue weighted by atomic mass is 10.4. The van der Waals surface area contributed by atoms with Crippen LogP contribution in [0, 0.1) is 0 Å². The fraction of sp³-hybridized carbons (Fsp3) is 0.500. The van der Waals surface area contributed by atoms with Crippen molar-refractivity contribution in [2.24, 2.45) is 0 Å². The van der Waals surface area contributed by atoms with Crippen LogP contribution in [0.4, 0.5) is 0 Å². The number of aromatic carboxylic acids is 1. The second-order valence-electron chi connectivity index (χ2n) is 3.24. The summed E-state index contributed by atoms with van der Waals surface area (Å²) in [5.74, 6) is -0.692. The Balaban J connectivity index is 3.04. The molecule has 0 radical (unpaired) electrons. The third kappa shape index (κ3) is 2.99. The van der Waals surface area contributed by atoms with E-state index in [1.54, 1.807) is 0 Å². The summed E-state index contributed by atoms with van der Waals surface area (Å²) in [6.07, 6.45) is 2.84. The summed E-state index contributed by atoms with van der Waals surface area (Å²) in [7, 11) is -2.42. The van der Waals surface area contributed by atoms with Crippen molar-refractivity contribution in [3.8, 4) is 0 Å². The number of carbonyl (C=O) groups is 1. The van der Waals surface area contributed by atoms with Gasteiger partial charge in [-0.1, -0.05) is 0 Å². The molecule has 1 aromatic rings. The van der Waals surface area contributed by atoms with Gasteiger partial charge in [-0.15, -0.1) is 0 Å². The van der Waals surface area contributed by atoms with Crippen LogP contribution < -0.4 is 0 Å². The number of nitrogens with zero attached hydrogens (tertiary/aromatic N) is 2. The highest BCUT2D eigenvalue weighted by atomic mass is 32.2. The smallest absolute Gasteiger partial charge is 0.340 e. The lowest BCUT2D eigenvalue weighted by Crippen LogP contribution is -2.30. The molecule has 0 aromatic carbocycles. The Labute approximate surface area is 103 Å². The van der Waals surface area contributed by atoms with Crippen LogP contribution >= 0.6 is 11.8 Å². The number of carboxylic acids is 1. The number of hydrogen-bond donors (Lipinski definition) is 2. The predicted molar refractivity (Wildman–Crippen MR) is 63.7 cm³/mol. The minimum atomic E-state index is -3.82. The topological polar surface area (TPSA) is 103 Å². The second-order valence-corrected chi connectivity index (χ2v) is 6.20. The van der Waals surface area contributed by atoms with E-state index in [0.717, 1.165) is 10.5 Å². The van der Waals surface area contributed by atoms with E-state index in [9.17, 15) is 13.2 Å². The molecular weight excluding hydrogens is 266 g/mol. The minimum Gasteiger partial charge on any atom is -0.478 e. The van der Waals surface area contributed by atoms with Gasteiger partial charge >= 0.3 is 5.97 Å². The minimum absolute atomic E-state index is 0.307. The maximum absolute atomic E-state index is 12.0. The van der Waals surface area contributed by atoms with E-state index in [0.29, 0.717) is 12.3 Å². The molecule has 0 unspecified atom stereocenters. The molecule has 9 heteroatoms. The molecule has 17 heavy (non-hydrogen) atoms. The van der Waals surface area contributed by atoms with E-state index in [-0.39, 0.29) is 10.6 Å². The highest BCUT2D eigenvalue weighted by Crippen LogP contribution is 2.16. The molecule has 0 aliphatic heterocycles. The van der Waals surface area contributed by atoms with Crippen molar-refractivity contribution in [3.05, 3.63) is 11.8 Å². The zero-order chi connectivity index (χ0) is 13.1. The number of rotatable bonds is 6. The first-order chi connectivity index (χ1) is 7.91. The quantitative estimate of drug-likeness (QED) is 0.765. The first kappa shape index (κ1) is 14.0. The van der Waals surface area contributed by atoms with E-state index >= 15 is 0 Å². The predicted octanol–water partition coefficient (Wildman–Crippen LogP) is 0.0914. The molecule has 2 N–H and O–H groups in total. The lowest BCUT2D eigenvalue weighted by molar-refractivity contribution is 0.0692. The van der Waals surface area contributed by atoms with E-state index in [1.165, 1.54) is 18.8 Å². The standard InChI is InChI=1S/C8H13N3O4S2/c1-11(3-4-16-2)17(14,15)7-6(8(12)13)5-9-10-7/h5H,3-4H2,1-2H3,(H,9,10)(H,12,13). The average Bonchev–Trinajstić information content (AvgIpc) is 2.75. The molecule has 7 nitrogen and oxygen atoms in total. The SMILES string of the molecule is CSCCN(C)S(=O)(=O)c1[nH]ncc1C(=O)O. The highest BCUT2D eigenvalue weighted by Gasteiger charge is 2.28. The third-order valence-corrected chi connectivity index (χ3v) is 4.53. The van der Waals surface area contributed by atoms with Crippen molar-refractivity contribution < 1.29 is 18.3 Å². The number of hydrogen-bond acceptors (Lipinski definition) is 5. The normalized spacial score (nSPS) is 11.9. The summed E-state index contributed by atoms with van der Waals surface area (Å²) < 4.78 is 25.1. The molecule has 0 aliphatic rings. The number of aromatic nitrogens is 2. The molecular formula is C8H13N3O4S2. The van der Waals surface area contributed by atoms with Crippen LogP contribution in [0.2, 0.25) is 0 Å². The van der Waals surface area contributed by atoms with Gasteiger partial charge in [0.15, 0.2) is 5.03 Å². The summed E-state index contributed by atoms with van der Waals surface area (Å²) in [5.41, 5.74) is -0.346. The first-order valence-electron chi connectivity index (χ1n) is 4.63. The van der Waals surface area contributed by atoms with Gasteiger partial charge in [0.05, 0.1) is 6.20 Å². The van der Waals surface area contributed by atoms with Gasteiger partial charge < -0.3 is 5.11 Å². The van der Waals surface area contributed by atoms with E-state index in [1.807, 2.05) is 6.26 Å². The Morgan fingerprint density at radius 1 is 1.65 bits per heavy atom. The summed E-state index contributed by atoms with van der Waals surface area (Å²) >= 11 is 1.51. The number of carboxylic acid groups (broad SMARTS) is 1. The zero-order valence-electron chi connectivity index (χ0n) is 9.37. The van der Waals surface area contributed by atoms with Crippen LogP contribution in [0.15, 0.2) is 11.2 Å². The highest BCUT2D eigenvalue weighted by molar-refractivity contribution is 7.98. The molecule has 0 spiro atoms. The molecule has 1 heterocycles. The Bertz CT molecular complexity index is 497. The Morgan fingerprint density at radius 2 is 2.29 bits per heavy atom. The first-order valence-corrected chi connectivity index (χ1v) is 7.46. The van der Waals surface area contributed by atoms with Gasteiger partial charge in [0.25, 0.3) is 10.0 Å². The molecule has 0 saturated carbocycles. The number of thioether (sulfide) groups is 1. The number of nitrogens with one attached hydrogen (secondary N) is 1. The van der Waals surface area contributed by atoms with Gasteiger partial charge in [-0.05, 0) is 6.26 Å². The molecule has 1 rings (SSSR count). The maximum atomic E-state index is 12.0. The Hall–Kier alpha value is -1.06. The average molecular weight is 279 g/mol. The van der Waals surface area contributed by atoms with Gasteiger partial charge in [0.1, 0.15) is 5.56 Å². The molecule has 96 valence electrons. The van der Waals surface area contributed by atoms with Crippen molar-refractivity contribution in [3.63, 3.8) is 0 Å². The van der Waals surface area contributed by atoms with Crippen LogP contribution in [0.1, 0.15) is 10.4 Å². The lowest BCUT2D eigenvalue weighted by Gasteiger charge is -2.15. The summed E-state index contributed by atoms with van der Waals surface area (Å²) in [6.45, 7) is 0.307. The van der Waals surface area contributed by atoms with Crippen molar-refractivity contribution in [1.29, 1.82) is 0 Å². The Kier molecular flexibility index (Phi) is 4.54. The fourth-order valence-electron chi connectivity index (χ4n) is 1.12. The van der Waals surface area contributed by atoms with Crippen molar-refractivity contribution in [2.45, 2.75) is 5.03 Å². The Morgan fingerprint density at radius 3 is 2.82 bits per heavy atom. The number of H-pyrrole nitrogens is 1. The molecule has 0 fully saturated rings. The van der Waals surface area contributed by atoms with E-state index in [4.69, 9.17) is 5.11 Å². The van der Waals surface area contributed by atoms with Gasteiger partial charge in [0, 0.05) is 19.3 Å². The maximum Gasteiger partial charge on any atom is 0.340 e. The van der Waals surface area contributed by atoms with Crippen LogP contribution in [-0.4, -0.2) is 59.6 Å². The van der Waals surface area contributed by atoms with Crippen molar-refractivity contribution in [1.82, 2.24) is 14.5 Å². The molecule has 0 atom stereocenters. The second kappa shape index (κ2) is 5.52. The van der Waals surface area contributed by atoms with E-state index in [2.05, 4.69) is 10.2 Å². The van der Waals surface area contributed by atoms with Crippen LogP contribution in [0.3, 0.4) is 0 Å². The van der Waals surface area contributed by atoms with Gasteiger partial charge in [-0.3, -0.25) is 5.10 Å². The molecule has 0 saturated heterocycles. The fourth-order valence-corrected chi connectivity index (χ4v) is 2.92. The summed E-state index contributed by atoms with van der Waals surface area (Å²) in [4.78, 5) is 10.8. The third-order valence-electron chi connectivity index (χ3n) is 2.11. The van der Waals surface area contributed by atoms with Gasteiger partial charge in [-0.25, -0.2) is 13.2 Å². The monoisotopic (exact) mass is 279 g/mol. The number of sulfonamides is 1. The molecule has 0 aliphatic carbocycles. The summed E-state index contributed by atoms with van der Waals surface area (Å²) in [5, 5.41) is 14.1. The largest absolute Gasteiger partial charge is 0.478 e. The van der Waals surface area contributed by atoms with Crippen molar-refractivity contribution in [2.75, 3.05) is 25.6 Å². The van der Waals surface area contributed by atoms with Gasteiger partial charge in [0.2, 0.25) is 0 Å². The molecule has 1 aromatic heterocycles. The number of aromatic amines is 1. The molecule has 0 bridgehead atoms. The van der Waals surface area contributed by atoms with Crippen LogP contribution in [0.5, 0.6) is 0 Å².